The Bertz CT molecular complexity index is 416. The summed E-state index contributed by atoms with van der Waals surface area (Å²) in [6.07, 6.45) is 9.89. The lowest BCUT2D eigenvalue weighted by Gasteiger charge is -2.26. The van der Waals surface area contributed by atoms with Crippen molar-refractivity contribution in [2.45, 2.75) is 58.4 Å². The van der Waals surface area contributed by atoms with E-state index in [4.69, 9.17) is 0 Å². The lowest BCUT2D eigenvalue weighted by Crippen LogP contribution is -2.38. The first-order valence-corrected chi connectivity index (χ1v) is 8.47. The maximum atomic E-state index is 4.66. The molecule has 20 heavy (non-hydrogen) atoms. The Balaban J connectivity index is 1.61. The van der Waals surface area contributed by atoms with Gasteiger partial charge in [0.05, 0.1) is 0 Å². The second kappa shape index (κ2) is 6.26. The summed E-state index contributed by atoms with van der Waals surface area (Å²) in [5.41, 5.74) is 2.60. The smallest absolute Gasteiger partial charge is 0.0419 e. The van der Waals surface area contributed by atoms with Crippen molar-refractivity contribution in [3.63, 3.8) is 0 Å². The first-order chi connectivity index (χ1) is 9.80. The van der Waals surface area contributed by atoms with E-state index in [-0.39, 0.29) is 0 Å². The quantitative estimate of drug-likeness (QED) is 0.820. The minimum Gasteiger partial charge on any atom is -0.313 e. The predicted octanol–water partition coefficient (Wildman–Crippen LogP) is 3.60. The van der Waals surface area contributed by atoms with Gasteiger partial charge in [0.25, 0.3) is 0 Å². The zero-order valence-corrected chi connectivity index (χ0v) is 12.9. The number of pyridine rings is 1. The van der Waals surface area contributed by atoms with E-state index in [9.17, 15) is 0 Å². The summed E-state index contributed by atoms with van der Waals surface area (Å²) in [4.78, 5) is 4.66. The molecule has 1 N–H and O–H groups in total. The van der Waals surface area contributed by atoms with Crippen molar-refractivity contribution >= 4 is 0 Å². The van der Waals surface area contributed by atoms with E-state index in [1.807, 2.05) is 0 Å². The summed E-state index contributed by atoms with van der Waals surface area (Å²) in [5.74, 6) is 3.03. The number of rotatable bonds is 7. The molecule has 2 aliphatic carbocycles. The van der Waals surface area contributed by atoms with Gasteiger partial charge in [-0.25, -0.2) is 0 Å². The van der Waals surface area contributed by atoms with Gasteiger partial charge in [0.2, 0.25) is 0 Å². The summed E-state index contributed by atoms with van der Waals surface area (Å²) >= 11 is 0. The molecule has 0 aromatic carbocycles. The summed E-state index contributed by atoms with van der Waals surface area (Å²) in [7, 11) is 0. The predicted molar refractivity (Wildman–Crippen MR) is 83.7 cm³/mol. The molecule has 0 saturated heterocycles. The Kier molecular flexibility index (Phi) is 4.40. The van der Waals surface area contributed by atoms with Crippen LogP contribution in [0.4, 0.5) is 0 Å². The molecular formula is C18H28N2. The zero-order valence-electron chi connectivity index (χ0n) is 12.9. The summed E-state index contributed by atoms with van der Waals surface area (Å²) in [6, 6.07) is 5.11. The average Bonchev–Trinajstić information content (AvgIpc) is 3.10. The van der Waals surface area contributed by atoms with Gasteiger partial charge in [0, 0.05) is 24.4 Å². The Morgan fingerprint density at radius 2 is 2.00 bits per heavy atom. The maximum absolute atomic E-state index is 4.66. The van der Waals surface area contributed by atoms with Gasteiger partial charge in [-0.2, -0.15) is 0 Å². The van der Waals surface area contributed by atoms with Crippen LogP contribution in [0.3, 0.4) is 0 Å². The fourth-order valence-electron chi connectivity index (χ4n) is 3.84. The van der Waals surface area contributed by atoms with E-state index < -0.39 is 0 Å². The highest BCUT2D eigenvalue weighted by atomic mass is 14.9. The Labute approximate surface area is 123 Å². The van der Waals surface area contributed by atoms with Gasteiger partial charge in [-0.05, 0) is 68.0 Å². The van der Waals surface area contributed by atoms with Gasteiger partial charge in [-0.3, -0.25) is 4.98 Å². The van der Waals surface area contributed by atoms with Crippen LogP contribution in [-0.2, 0) is 12.8 Å². The molecule has 1 aromatic heterocycles. The van der Waals surface area contributed by atoms with Crippen molar-refractivity contribution in [3.05, 3.63) is 29.6 Å². The summed E-state index contributed by atoms with van der Waals surface area (Å²) < 4.78 is 0. The van der Waals surface area contributed by atoms with Crippen LogP contribution in [0.5, 0.6) is 0 Å². The molecule has 2 fully saturated rings. The Hall–Kier alpha value is -0.890. The Morgan fingerprint density at radius 1 is 1.20 bits per heavy atom. The first-order valence-electron chi connectivity index (χ1n) is 8.47. The molecule has 0 bridgehead atoms. The van der Waals surface area contributed by atoms with Gasteiger partial charge in [-0.1, -0.05) is 19.9 Å². The third-order valence-corrected chi connectivity index (χ3v) is 5.23. The van der Waals surface area contributed by atoms with Crippen LogP contribution in [-0.4, -0.2) is 17.6 Å². The number of fused-ring (bicyclic) bond motifs is 1. The molecule has 3 rings (SSSR count). The minimum atomic E-state index is 0.641. The molecule has 110 valence electrons. The second-order valence-corrected chi connectivity index (χ2v) is 6.76. The van der Waals surface area contributed by atoms with E-state index in [1.54, 1.807) is 0 Å². The number of hydrogen-bond donors (Lipinski definition) is 1. The van der Waals surface area contributed by atoms with E-state index in [2.05, 4.69) is 42.5 Å². The van der Waals surface area contributed by atoms with Crippen LogP contribution in [0, 0.1) is 17.8 Å². The molecular weight excluding hydrogens is 244 g/mol. The van der Waals surface area contributed by atoms with Gasteiger partial charge in [0.15, 0.2) is 0 Å². The van der Waals surface area contributed by atoms with Crippen LogP contribution in [0.15, 0.2) is 18.3 Å². The van der Waals surface area contributed by atoms with Crippen LogP contribution >= 0.6 is 0 Å². The highest BCUT2D eigenvalue weighted by Crippen LogP contribution is 2.55. The average molecular weight is 272 g/mol. The van der Waals surface area contributed by atoms with Crippen molar-refractivity contribution in [3.8, 4) is 0 Å². The molecule has 1 heterocycles. The normalized spacial score (nSPS) is 29.2. The van der Waals surface area contributed by atoms with Crippen molar-refractivity contribution < 1.29 is 0 Å². The molecule has 0 amide bonds. The van der Waals surface area contributed by atoms with E-state index in [0.717, 1.165) is 37.1 Å². The highest BCUT2D eigenvalue weighted by molar-refractivity contribution is 5.15. The molecule has 0 aliphatic heterocycles. The molecule has 2 saturated carbocycles. The molecule has 3 atom stereocenters. The van der Waals surface area contributed by atoms with Crippen LogP contribution in [0.25, 0.3) is 0 Å². The fourth-order valence-corrected chi connectivity index (χ4v) is 3.84. The van der Waals surface area contributed by atoms with Crippen molar-refractivity contribution in [1.82, 2.24) is 10.3 Å². The number of hydrogen-bond acceptors (Lipinski definition) is 2. The minimum absolute atomic E-state index is 0.641. The Morgan fingerprint density at radius 3 is 2.60 bits per heavy atom. The van der Waals surface area contributed by atoms with Gasteiger partial charge in [0.1, 0.15) is 0 Å². The first kappa shape index (κ1) is 14.1. The third-order valence-electron chi connectivity index (χ3n) is 5.23. The topological polar surface area (TPSA) is 24.9 Å². The van der Waals surface area contributed by atoms with Crippen molar-refractivity contribution in [2.24, 2.45) is 17.8 Å². The lowest BCUT2D eigenvalue weighted by atomic mass is 9.90. The number of nitrogens with one attached hydrogen (secondary N) is 1. The third kappa shape index (κ3) is 3.22. The monoisotopic (exact) mass is 272 g/mol. The highest BCUT2D eigenvalue weighted by Gasteiger charge is 2.47. The maximum Gasteiger partial charge on any atom is 0.0419 e. The zero-order chi connectivity index (χ0) is 13.9. The van der Waals surface area contributed by atoms with Crippen LogP contribution in [0.2, 0.25) is 0 Å². The number of aromatic nitrogens is 1. The van der Waals surface area contributed by atoms with Crippen LogP contribution in [0.1, 0.15) is 50.8 Å². The molecule has 2 heteroatoms. The van der Waals surface area contributed by atoms with E-state index >= 15 is 0 Å². The largest absolute Gasteiger partial charge is 0.313 e. The molecule has 0 spiro atoms. The standard InChI is InChI=1S/C18H28N2/c1-3-7-19-18(16-9-14-8-15(14)10-16)11-17-6-5-13(4-2)12-20-17/h5-6,12,14-16,18-19H,3-4,7-11H2,1-2H3. The molecule has 1 aromatic rings. The van der Waals surface area contributed by atoms with Crippen molar-refractivity contribution in [1.29, 1.82) is 0 Å². The summed E-state index contributed by atoms with van der Waals surface area (Å²) in [6.45, 7) is 5.58. The van der Waals surface area contributed by atoms with E-state index in [0.29, 0.717) is 6.04 Å². The molecule has 3 unspecified atom stereocenters. The van der Waals surface area contributed by atoms with Crippen molar-refractivity contribution in [2.75, 3.05) is 6.54 Å². The van der Waals surface area contributed by atoms with E-state index in [1.165, 1.54) is 36.9 Å². The number of aryl methyl sites for hydroxylation is 1. The lowest BCUT2D eigenvalue weighted by molar-refractivity contribution is 0.330. The molecule has 0 radical (unpaired) electrons. The number of nitrogens with zero attached hydrogens (tertiary/aromatic N) is 1. The second-order valence-electron chi connectivity index (χ2n) is 6.76. The van der Waals surface area contributed by atoms with Gasteiger partial charge in [-0.15, -0.1) is 0 Å². The summed E-state index contributed by atoms with van der Waals surface area (Å²) in [5, 5.41) is 3.79. The SMILES string of the molecule is CCCNC(Cc1ccc(CC)cn1)C1CC2CC2C1. The fraction of sp³-hybridized carbons (Fsp3) is 0.722. The van der Waals surface area contributed by atoms with Crippen LogP contribution < -0.4 is 5.32 Å². The van der Waals surface area contributed by atoms with Gasteiger partial charge >= 0.3 is 0 Å². The van der Waals surface area contributed by atoms with Gasteiger partial charge < -0.3 is 5.32 Å². The molecule has 2 nitrogen and oxygen atoms in total. The molecule has 2 aliphatic rings.